The van der Waals surface area contributed by atoms with E-state index in [2.05, 4.69) is 5.73 Å². The number of carboxylic acid groups (broad SMARTS) is 1. The number of hydrogen-bond acceptors (Lipinski definition) is 3. The molecule has 0 aromatic rings. The molecule has 62 valence electrons. The summed E-state index contributed by atoms with van der Waals surface area (Å²) in [5.41, 5.74) is 9.22. The van der Waals surface area contributed by atoms with Gasteiger partial charge in [-0.05, 0) is 0 Å². The molecule has 0 aromatic carbocycles. The lowest BCUT2D eigenvalue weighted by Gasteiger charge is -1.74. The number of carbonyl (C=O) groups excluding carboxylic acids is 1. The zero-order valence-electron chi connectivity index (χ0n) is 5.63. The molecule has 0 aliphatic heterocycles. The van der Waals surface area contributed by atoms with E-state index in [1.165, 1.54) is 0 Å². The fourth-order valence-electron chi connectivity index (χ4n) is 0. The fraction of sp³-hybridized carbons (Fsp3) is 0.500. The molecule has 0 bridgehead atoms. The second-order valence-corrected chi connectivity index (χ2v) is 1.19. The molecule has 0 fully saturated rings. The lowest BCUT2D eigenvalue weighted by Crippen LogP contribution is -2.21. The number of rotatable bonds is 1. The summed E-state index contributed by atoms with van der Waals surface area (Å²) in [6, 6.07) is 0. The maximum atomic E-state index is 9.47. The molecular weight excluding hydrogens is 140 g/mol. The standard InChI is InChI=1S/C2H6N2O.C2H4O2.H2O/c3-1-2(4)5;1-2(3)4;/h1,3H2,(H2,4,5);1H3,(H,3,4);1H2. The molecule has 0 radical (unpaired) electrons. The minimum absolute atomic E-state index is 0. The first-order valence-electron chi connectivity index (χ1n) is 2.18. The Balaban J connectivity index is -0.0000000910. The molecule has 6 nitrogen and oxygen atoms in total. The number of carbonyl (C=O) groups is 2. The molecule has 6 heteroatoms. The molecule has 0 aliphatic rings. The van der Waals surface area contributed by atoms with Crippen molar-refractivity contribution in [3.05, 3.63) is 0 Å². The van der Waals surface area contributed by atoms with Crippen molar-refractivity contribution < 1.29 is 20.2 Å². The van der Waals surface area contributed by atoms with Crippen molar-refractivity contribution in [1.82, 2.24) is 0 Å². The SMILES string of the molecule is CC(=O)O.NCC(N)=O.O. The van der Waals surface area contributed by atoms with Gasteiger partial charge in [0.05, 0.1) is 6.54 Å². The molecule has 0 saturated carbocycles. The molecule has 0 rings (SSSR count). The average molecular weight is 152 g/mol. The number of aliphatic carboxylic acids is 1. The Labute approximate surface area is 58.1 Å². The van der Waals surface area contributed by atoms with Crippen LogP contribution in [0.5, 0.6) is 0 Å². The third kappa shape index (κ3) is 319. The summed E-state index contributed by atoms with van der Waals surface area (Å²) < 4.78 is 0. The predicted molar refractivity (Wildman–Crippen MR) is 35.2 cm³/mol. The largest absolute Gasteiger partial charge is 0.481 e. The maximum Gasteiger partial charge on any atom is 0.300 e. The van der Waals surface area contributed by atoms with E-state index in [1.54, 1.807) is 0 Å². The van der Waals surface area contributed by atoms with E-state index in [1.807, 2.05) is 0 Å². The number of carboxylic acids is 1. The molecule has 0 atom stereocenters. The highest BCUT2D eigenvalue weighted by molar-refractivity contribution is 5.75. The molecule has 0 spiro atoms. The van der Waals surface area contributed by atoms with Crippen LogP contribution in [0.25, 0.3) is 0 Å². The second kappa shape index (κ2) is 10.8. The maximum absolute atomic E-state index is 9.47. The number of primary amides is 1. The van der Waals surface area contributed by atoms with Gasteiger partial charge in [-0.15, -0.1) is 0 Å². The van der Waals surface area contributed by atoms with Gasteiger partial charge in [-0.2, -0.15) is 0 Å². The average Bonchev–Trinajstić information content (AvgIpc) is 1.65. The van der Waals surface area contributed by atoms with Crippen molar-refractivity contribution in [2.24, 2.45) is 11.5 Å². The number of hydrogen-bond donors (Lipinski definition) is 3. The lowest BCUT2D eigenvalue weighted by molar-refractivity contribution is -0.134. The molecule has 0 aromatic heterocycles. The van der Waals surface area contributed by atoms with Crippen LogP contribution >= 0.6 is 0 Å². The number of nitrogens with two attached hydrogens (primary N) is 2. The highest BCUT2D eigenvalue weighted by Crippen LogP contribution is 1.42. The van der Waals surface area contributed by atoms with Crippen LogP contribution in [0.1, 0.15) is 6.92 Å². The van der Waals surface area contributed by atoms with E-state index in [-0.39, 0.29) is 12.0 Å². The van der Waals surface area contributed by atoms with Gasteiger partial charge in [-0.3, -0.25) is 9.59 Å². The zero-order valence-corrected chi connectivity index (χ0v) is 5.63. The second-order valence-electron chi connectivity index (χ2n) is 1.19. The van der Waals surface area contributed by atoms with Crippen LogP contribution in [0.2, 0.25) is 0 Å². The summed E-state index contributed by atoms with van der Waals surface area (Å²) in [5, 5.41) is 7.42. The lowest BCUT2D eigenvalue weighted by atomic mass is 10.7. The van der Waals surface area contributed by atoms with E-state index in [9.17, 15) is 4.79 Å². The van der Waals surface area contributed by atoms with Gasteiger partial charge in [0.1, 0.15) is 0 Å². The normalized spacial score (nSPS) is 6.20. The Morgan fingerprint density at radius 2 is 1.60 bits per heavy atom. The highest BCUT2D eigenvalue weighted by Gasteiger charge is 1.77. The van der Waals surface area contributed by atoms with Gasteiger partial charge in [0.25, 0.3) is 5.97 Å². The summed E-state index contributed by atoms with van der Waals surface area (Å²) in [6.45, 7) is 1.03. The molecule has 0 saturated heterocycles. The Morgan fingerprint density at radius 3 is 1.60 bits per heavy atom. The molecule has 1 amide bonds. The number of amides is 1. The summed E-state index contributed by atoms with van der Waals surface area (Å²) in [7, 11) is 0. The van der Waals surface area contributed by atoms with Gasteiger partial charge < -0.3 is 22.1 Å². The predicted octanol–water partition coefficient (Wildman–Crippen LogP) is -2.30. The van der Waals surface area contributed by atoms with Crippen LogP contribution in [-0.4, -0.2) is 29.0 Å². The van der Waals surface area contributed by atoms with Gasteiger partial charge >= 0.3 is 0 Å². The van der Waals surface area contributed by atoms with Crippen molar-refractivity contribution in [2.75, 3.05) is 6.54 Å². The van der Waals surface area contributed by atoms with Gasteiger partial charge in [0.15, 0.2) is 0 Å². The highest BCUT2D eigenvalue weighted by atomic mass is 16.4. The Hall–Kier alpha value is -1.14. The van der Waals surface area contributed by atoms with E-state index in [4.69, 9.17) is 15.6 Å². The Bertz CT molecular complexity index is 99.4. The smallest absolute Gasteiger partial charge is 0.300 e. The van der Waals surface area contributed by atoms with E-state index >= 15 is 0 Å². The quantitative estimate of drug-likeness (QED) is 0.388. The minimum Gasteiger partial charge on any atom is -0.481 e. The van der Waals surface area contributed by atoms with Crippen LogP contribution in [0.3, 0.4) is 0 Å². The molecular formula is C4H12N2O4. The first-order chi connectivity index (χ1) is 4.00. The van der Waals surface area contributed by atoms with Crippen LogP contribution in [0.4, 0.5) is 0 Å². The molecule has 0 aliphatic carbocycles. The third-order valence-electron chi connectivity index (χ3n) is 0.201. The van der Waals surface area contributed by atoms with E-state index < -0.39 is 11.9 Å². The Kier molecular flexibility index (Phi) is 17.2. The fourth-order valence-corrected chi connectivity index (χ4v) is 0. The molecule has 0 unspecified atom stereocenters. The van der Waals surface area contributed by atoms with Gasteiger partial charge in [-0.25, -0.2) is 0 Å². The first-order valence-corrected chi connectivity index (χ1v) is 2.18. The molecule has 0 heterocycles. The summed E-state index contributed by atoms with van der Waals surface area (Å²) in [5.74, 6) is -1.30. The van der Waals surface area contributed by atoms with Crippen molar-refractivity contribution >= 4 is 11.9 Å². The van der Waals surface area contributed by atoms with Crippen molar-refractivity contribution in [1.29, 1.82) is 0 Å². The van der Waals surface area contributed by atoms with E-state index in [0.29, 0.717) is 0 Å². The van der Waals surface area contributed by atoms with Crippen LogP contribution < -0.4 is 11.5 Å². The molecule has 7 N–H and O–H groups in total. The van der Waals surface area contributed by atoms with E-state index in [0.717, 1.165) is 6.92 Å². The topological polar surface area (TPSA) is 138 Å². The first kappa shape index (κ1) is 15.9. The minimum atomic E-state index is -0.833. The summed E-state index contributed by atoms with van der Waals surface area (Å²) >= 11 is 0. The van der Waals surface area contributed by atoms with Crippen LogP contribution in [-0.2, 0) is 9.59 Å². The van der Waals surface area contributed by atoms with Crippen LogP contribution in [0, 0.1) is 0 Å². The monoisotopic (exact) mass is 152 g/mol. The van der Waals surface area contributed by atoms with Crippen molar-refractivity contribution in [3.8, 4) is 0 Å². The van der Waals surface area contributed by atoms with Gasteiger partial charge in [0, 0.05) is 6.92 Å². The van der Waals surface area contributed by atoms with Gasteiger partial charge in [-0.1, -0.05) is 0 Å². The zero-order chi connectivity index (χ0) is 7.86. The summed E-state index contributed by atoms with van der Waals surface area (Å²) in [6.07, 6.45) is 0. The van der Waals surface area contributed by atoms with Crippen molar-refractivity contribution in [2.45, 2.75) is 6.92 Å². The summed E-state index contributed by atoms with van der Waals surface area (Å²) in [4.78, 5) is 18.5. The van der Waals surface area contributed by atoms with Crippen molar-refractivity contribution in [3.63, 3.8) is 0 Å². The molecule has 10 heavy (non-hydrogen) atoms. The van der Waals surface area contributed by atoms with Gasteiger partial charge in [0.2, 0.25) is 5.91 Å². The Morgan fingerprint density at radius 1 is 1.50 bits per heavy atom. The third-order valence-corrected chi connectivity index (χ3v) is 0.201. The van der Waals surface area contributed by atoms with Crippen LogP contribution in [0.15, 0.2) is 0 Å².